The van der Waals surface area contributed by atoms with Crippen LogP contribution in [0.2, 0.25) is 0 Å². The Balaban J connectivity index is 1.60. The van der Waals surface area contributed by atoms with E-state index in [4.69, 9.17) is 14.2 Å². The number of aliphatic hydroxyl groups is 2. The quantitative estimate of drug-likeness (QED) is 0.853. The summed E-state index contributed by atoms with van der Waals surface area (Å²) in [4.78, 5) is 0. The zero-order chi connectivity index (χ0) is 18.7. The van der Waals surface area contributed by atoms with E-state index in [0.29, 0.717) is 17.4 Å². The minimum absolute atomic E-state index is 0.323. The molecule has 0 bridgehead atoms. The molecule has 0 amide bonds. The minimum Gasteiger partial charge on any atom is -0.462 e. The molecule has 1 heterocycles. The molecule has 1 saturated heterocycles. The van der Waals surface area contributed by atoms with Crippen LogP contribution in [-0.2, 0) is 4.74 Å². The van der Waals surface area contributed by atoms with Crippen molar-refractivity contribution in [2.45, 2.75) is 44.4 Å². The van der Waals surface area contributed by atoms with Gasteiger partial charge in [0.05, 0.1) is 6.61 Å². The van der Waals surface area contributed by atoms with Crippen LogP contribution >= 0.6 is 0 Å². The highest BCUT2D eigenvalue weighted by Gasteiger charge is 2.40. The largest absolute Gasteiger partial charge is 0.462 e. The molecule has 0 spiro atoms. The van der Waals surface area contributed by atoms with Crippen LogP contribution in [0.3, 0.4) is 0 Å². The molecule has 1 aliphatic heterocycles. The average molecular weight is 362 g/mol. The molecule has 0 aliphatic carbocycles. The summed E-state index contributed by atoms with van der Waals surface area (Å²) in [5.41, 5.74) is 1.24. The van der Waals surface area contributed by atoms with E-state index in [1.807, 2.05) is 24.3 Å². The van der Waals surface area contributed by atoms with E-state index < -0.39 is 24.7 Å². The van der Waals surface area contributed by atoms with Gasteiger partial charge in [0.1, 0.15) is 29.5 Å². The van der Waals surface area contributed by atoms with E-state index in [-0.39, 0.29) is 6.61 Å². The van der Waals surface area contributed by atoms with E-state index in [2.05, 4.69) is 13.8 Å². The fourth-order valence-electron chi connectivity index (χ4n) is 2.64. The highest BCUT2D eigenvalue weighted by Crippen LogP contribution is 2.27. The van der Waals surface area contributed by atoms with Crippen molar-refractivity contribution in [2.24, 2.45) is 0 Å². The van der Waals surface area contributed by atoms with Crippen molar-refractivity contribution in [1.29, 1.82) is 0 Å². The lowest BCUT2D eigenvalue weighted by atomic mass is 10.0. The molecule has 1 fully saturated rings. The summed E-state index contributed by atoms with van der Waals surface area (Å²) in [6.07, 6.45) is -5.71. The van der Waals surface area contributed by atoms with E-state index in [1.54, 1.807) is 24.3 Å². The Morgan fingerprint density at radius 2 is 1.46 bits per heavy atom. The zero-order valence-corrected chi connectivity index (χ0v) is 14.7. The van der Waals surface area contributed by atoms with Crippen LogP contribution in [0.25, 0.3) is 0 Å². The molecule has 0 unspecified atom stereocenters. The predicted molar refractivity (Wildman–Crippen MR) is 94.3 cm³/mol. The summed E-state index contributed by atoms with van der Waals surface area (Å²) >= 11 is 0. The third-order valence-electron chi connectivity index (χ3n) is 4.28. The fraction of sp³-hybridized carbons (Fsp3) is 0.400. The smallest absolute Gasteiger partial charge is 0.228 e. The van der Waals surface area contributed by atoms with Crippen molar-refractivity contribution in [3.05, 3.63) is 54.1 Å². The van der Waals surface area contributed by atoms with E-state index >= 15 is 0 Å². The second kappa shape index (κ2) is 8.03. The van der Waals surface area contributed by atoms with Crippen molar-refractivity contribution in [3.63, 3.8) is 0 Å². The van der Waals surface area contributed by atoms with Crippen LogP contribution in [-0.4, -0.2) is 41.5 Å². The SMILES string of the molecule is CC(C)c1ccc(Oc2ccc(O[C@H]3OC[C@H](F)[C@H](O)[C@H]3O)cc2)cc1. The van der Waals surface area contributed by atoms with Gasteiger partial charge in [-0.2, -0.15) is 0 Å². The maximum atomic E-state index is 13.3. The molecular formula is C20H23FO5. The van der Waals surface area contributed by atoms with Crippen LogP contribution in [0.1, 0.15) is 25.3 Å². The van der Waals surface area contributed by atoms with Gasteiger partial charge in [-0.3, -0.25) is 0 Å². The van der Waals surface area contributed by atoms with Crippen LogP contribution < -0.4 is 9.47 Å². The molecule has 0 saturated carbocycles. The highest BCUT2D eigenvalue weighted by molar-refractivity contribution is 5.36. The molecule has 6 heteroatoms. The number of alkyl halides is 1. The Bertz CT molecular complexity index is 701. The van der Waals surface area contributed by atoms with E-state index in [9.17, 15) is 14.6 Å². The lowest BCUT2D eigenvalue weighted by Gasteiger charge is -2.33. The summed E-state index contributed by atoms with van der Waals surface area (Å²) in [5, 5.41) is 19.4. The Morgan fingerprint density at radius 1 is 0.923 bits per heavy atom. The lowest BCUT2D eigenvalue weighted by Crippen LogP contribution is -2.53. The van der Waals surface area contributed by atoms with Gasteiger partial charge in [0, 0.05) is 0 Å². The summed E-state index contributed by atoms with van der Waals surface area (Å²) in [6, 6.07) is 14.6. The molecule has 5 nitrogen and oxygen atoms in total. The Kier molecular flexibility index (Phi) is 5.76. The lowest BCUT2D eigenvalue weighted by molar-refractivity contribution is -0.229. The summed E-state index contributed by atoms with van der Waals surface area (Å²) in [6.45, 7) is 3.94. The molecule has 1 aliphatic rings. The van der Waals surface area contributed by atoms with Crippen LogP contribution in [0, 0.1) is 0 Å². The predicted octanol–water partition coefficient (Wildman–Crippen LogP) is 3.40. The molecule has 140 valence electrons. The van der Waals surface area contributed by atoms with Crippen LogP contribution in [0.5, 0.6) is 17.2 Å². The topological polar surface area (TPSA) is 68.2 Å². The van der Waals surface area contributed by atoms with Gasteiger partial charge < -0.3 is 24.4 Å². The number of benzene rings is 2. The zero-order valence-electron chi connectivity index (χ0n) is 14.7. The normalized spacial score (nSPS) is 25.9. The summed E-state index contributed by atoms with van der Waals surface area (Å²) < 4.78 is 29.6. The molecular weight excluding hydrogens is 339 g/mol. The molecule has 0 aromatic heterocycles. The Labute approximate surface area is 151 Å². The summed E-state index contributed by atoms with van der Waals surface area (Å²) in [7, 11) is 0. The molecule has 2 aromatic carbocycles. The maximum absolute atomic E-state index is 13.3. The molecule has 26 heavy (non-hydrogen) atoms. The van der Waals surface area contributed by atoms with Gasteiger partial charge >= 0.3 is 0 Å². The first-order chi connectivity index (χ1) is 12.4. The fourth-order valence-corrected chi connectivity index (χ4v) is 2.64. The number of halogens is 1. The van der Waals surface area contributed by atoms with Gasteiger partial charge in [-0.05, 0) is 47.9 Å². The molecule has 2 aromatic rings. The first kappa shape index (κ1) is 18.6. The minimum atomic E-state index is -1.62. The second-order valence-corrected chi connectivity index (χ2v) is 6.61. The number of hydrogen-bond donors (Lipinski definition) is 2. The highest BCUT2D eigenvalue weighted by atomic mass is 19.1. The van der Waals surface area contributed by atoms with Crippen molar-refractivity contribution < 1.29 is 28.8 Å². The van der Waals surface area contributed by atoms with Crippen molar-refractivity contribution in [2.75, 3.05) is 6.61 Å². The Morgan fingerprint density at radius 3 is 2.04 bits per heavy atom. The molecule has 4 atom stereocenters. The van der Waals surface area contributed by atoms with Crippen molar-refractivity contribution in [3.8, 4) is 17.2 Å². The second-order valence-electron chi connectivity index (χ2n) is 6.61. The first-order valence-electron chi connectivity index (χ1n) is 8.60. The Hall–Kier alpha value is -2.15. The van der Waals surface area contributed by atoms with Gasteiger partial charge in [-0.25, -0.2) is 4.39 Å². The maximum Gasteiger partial charge on any atom is 0.228 e. The van der Waals surface area contributed by atoms with Crippen molar-refractivity contribution in [1.82, 2.24) is 0 Å². The number of aliphatic hydroxyl groups excluding tert-OH is 2. The summed E-state index contributed by atoms with van der Waals surface area (Å²) in [5.74, 6) is 2.24. The number of hydrogen-bond acceptors (Lipinski definition) is 5. The average Bonchev–Trinajstić information content (AvgIpc) is 2.64. The van der Waals surface area contributed by atoms with Crippen molar-refractivity contribution >= 4 is 0 Å². The van der Waals surface area contributed by atoms with Gasteiger partial charge in [-0.15, -0.1) is 0 Å². The number of ether oxygens (including phenoxy) is 3. The van der Waals surface area contributed by atoms with Gasteiger partial charge in [-0.1, -0.05) is 26.0 Å². The third kappa shape index (κ3) is 4.33. The van der Waals surface area contributed by atoms with Gasteiger partial charge in [0.25, 0.3) is 0 Å². The first-order valence-corrected chi connectivity index (χ1v) is 8.60. The third-order valence-corrected chi connectivity index (χ3v) is 4.28. The molecule has 3 rings (SSSR count). The standard InChI is InChI=1S/C20H23FO5/c1-12(2)13-3-5-14(6-4-13)25-15-7-9-16(10-8-15)26-20-19(23)18(22)17(21)11-24-20/h3-10,12,17-20,22-23H,11H2,1-2H3/t17-,18-,19+,20+/m0/s1. The van der Waals surface area contributed by atoms with E-state index in [1.165, 1.54) is 5.56 Å². The van der Waals surface area contributed by atoms with Gasteiger partial charge in [0.2, 0.25) is 6.29 Å². The monoisotopic (exact) mass is 362 g/mol. The van der Waals surface area contributed by atoms with Gasteiger partial charge in [0.15, 0.2) is 6.17 Å². The molecule has 0 radical (unpaired) electrons. The van der Waals surface area contributed by atoms with E-state index in [0.717, 1.165) is 5.75 Å². The number of rotatable bonds is 5. The molecule has 2 N–H and O–H groups in total. The van der Waals surface area contributed by atoms with Crippen LogP contribution in [0.4, 0.5) is 4.39 Å². The van der Waals surface area contributed by atoms with Crippen LogP contribution in [0.15, 0.2) is 48.5 Å².